The van der Waals surface area contributed by atoms with Crippen molar-refractivity contribution in [3.05, 3.63) is 23.0 Å². The highest BCUT2D eigenvalue weighted by Crippen LogP contribution is 2.25. The van der Waals surface area contributed by atoms with Crippen LogP contribution in [0, 0.1) is 12.8 Å². The number of hydrogen-bond acceptors (Lipinski definition) is 2. The molecule has 0 aromatic carbocycles. The number of fused-ring (bicyclic) bond motifs is 1. The number of aromatic nitrogens is 1. The highest BCUT2D eigenvalue weighted by molar-refractivity contribution is 5.57. The molecular weight excluding hydrogens is 268 g/mol. The summed E-state index contributed by atoms with van der Waals surface area (Å²) in [7, 11) is 0. The van der Waals surface area contributed by atoms with Crippen molar-refractivity contribution in [1.29, 1.82) is 0 Å². The average Bonchev–Trinajstić information content (AvgIpc) is 2.58. The van der Waals surface area contributed by atoms with Crippen molar-refractivity contribution in [1.82, 2.24) is 4.98 Å². The molecule has 1 aromatic rings. The van der Waals surface area contributed by atoms with E-state index >= 15 is 0 Å². The first-order valence-electron chi connectivity index (χ1n) is 9.31. The van der Waals surface area contributed by atoms with Gasteiger partial charge in [0.1, 0.15) is 0 Å². The molecule has 0 bridgehead atoms. The van der Waals surface area contributed by atoms with Crippen molar-refractivity contribution in [3.63, 3.8) is 0 Å². The van der Waals surface area contributed by atoms with Crippen LogP contribution >= 0.6 is 0 Å². The fraction of sp³-hybridized carbons (Fsp3) is 0.750. The average molecular weight is 309 g/mol. The van der Waals surface area contributed by atoms with Crippen LogP contribution in [-0.2, 0) is 12.8 Å². The fourth-order valence-electron chi connectivity index (χ4n) is 1.96. The Balaban J connectivity index is 0. The topological polar surface area (TPSA) is 24.9 Å². The summed E-state index contributed by atoms with van der Waals surface area (Å²) in [6, 6.07) is 2.19. The summed E-state index contributed by atoms with van der Waals surface area (Å²) in [5, 5.41) is 3.45. The van der Waals surface area contributed by atoms with Gasteiger partial charge >= 0.3 is 0 Å². The molecule has 0 unspecified atom stereocenters. The predicted molar refractivity (Wildman–Crippen MR) is 103 cm³/mol. The van der Waals surface area contributed by atoms with Crippen molar-refractivity contribution in [3.8, 4) is 0 Å². The summed E-state index contributed by atoms with van der Waals surface area (Å²) in [6.45, 7) is 20.0. The summed E-state index contributed by atoms with van der Waals surface area (Å²) < 4.78 is 0. The summed E-state index contributed by atoms with van der Waals surface area (Å²) in [6.07, 6.45) is 4.75. The van der Waals surface area contributed by atoms with Gasteiger partial charge in [0.2, 0.25) is 0 Å². The van der Waals surface area contributed by atoms with Gasteiger partial charge in [0.15, 0.2) is 0 Å². The van der Waals surface area contributed by atoms with Gasteiger partial charge in [-0.1, -0.05) is 61.8 Å². The van der Waals surface area contributed by atoms with Gasteiger partial charge in [-0.25, -0.2) is 0 Å². The van der Waals surface area contributed by atoms with Gasteiger partial charge in [0.05, 0.1) is 11.4 Å². The standard InChI is InChI=1S/C11H16N2.C5H12.2C2H6/c1-3-9-7-8(2)13-10-5-4-6-12-11(9)10;1-4-5(2)3;2*1-2/h7,12H,3-6H2,1-2H3;5H,4H2,1-3H3;2*1-2H3. The van der Waals surface area contributed by atoms with E-state index in [0.717, 1.165) is 31.0 Å². The third-order valence-corrected chi connectivity index (χ3v) is 3.39. The van der Waals surface area contributed by atoms with Crippen LogP contribution in [-0.4, -0.2) is 11.5 Å². The van der Waals surface area contributed by atoms with E-state index in [2.05, 4.69) is 51.0 Å². The van der Waals surface area contributed by atoms with Crippen LogP contribution in [0.3, 0.4) is 0 Å². The third kappa shape index (κ3) is 9.07. The van der Waals surface area contributed by atoms with E-state index in [9.17, 15) is 0 Å². The van der Waals surface area contributed by atoms with E-state index in [1.165, 1.54) is 29.8 Å². The quantitative estimate of drug-likeness (QED) is 0.682. The van der Waals surface area contributed by atoms with Gasteiger partial charge in [-0.15, -0.1) is 0 Å². The van der Waals surface area contributed by atoms with Crippen LogP contribution in [0.15, 0.2) is 6.07 Å². The Morgan fingerprint density at radius 2 is 1.68 bits per heavy atom. The maximum Gasteiger partial charge on any atom is 0.0641 e. The lowest BCUT2D eigenvalue weighted by Crippen LogP contribution is -2.15. The normalized spacial score (nSPS) is 11.5. The molecule has 2 rings (SSSR count). The Labute approximate surface area is 140 Å². The van der Waals surface area contributed by atoms with E-state index in [1.54, 1.807) is 0 Å². The first kappa shape index (κ1) is 23.2. The van der Waals surface area contributed by atoms with Crippen LogP contribution < -0.4 is 5.32 Å². The Kier molecular flexibility index (Phi) is 15.7. The fourth-order valence-corrected chi connectivity index (χ4v) is 1.96. The van der Waals surface area contributed by atoms with Crippen LogP contribution in [0.2, 0.25) is 0 Å². The molecule has 0 aliphatic carbocycles. The lowest BCUT2D eigenvalue weighted by Gasteiger charge is -2.20. The lowest BCUT2D eigenvalue weighted by atomic mass is 10.0. The zero-order valence-electron chi connectivity index (χ0n) is 16.6. The molecule has 1 aliphatic heterocycles. The Morgan fingerprint density at radius 3 is 2.14 bits per heavy atom. The minimum Gasteiger partial charge on any atom is -0.383 e. The number of anilines is 1. The number of nitrogens with zero attached hydrogens (tertiary/aromatic N) is 1. The molecule has 2 heteroatoms. The van der Waals surface area contributed by atoms with Crippen LogP contribution in [0.1, 0.15) is 85.2 Å². The van der Waals surface area contributed by atoms with Crippen LogP contribution in [0.5, 0.6) is 0 Å². The number of hydrogen-bond donors (Lipinski definition) is 1. The van der Waals surface area contributed by atoms with Gasteiger partial charge in [0, 0.05) is 12.2 Å². The maximum atomic E-state index is 4.56. The molecule has 1 aliphatic rings. The molecule has 130 valence electrons. The Hall–Kier alpha value is -1.05. The molecule has 0 amide bonds. The maximum absolute atomic E-state index is 4.56. The second-order valence-electron chi connectivity index (χ2n) is 5.43. The van der Waals surface area contributed by atoms with E-state index < -0.39 is 0 Å². The first-order valence-corrected chi connectivity index (χ1v) is 9.31. The molecular formula is C20H40N2. The zero-order valence-corrected chi connectivity index (χ0v) is 16.6. The van der Waals surface area contributed by atoms with E-state index in [1.807, 2.05) is 27.7 Å². The number of aryl methyl sites for hydroxylation is 3. The molecule has 1 N–H and O–H groups in total. The lowest BCUT2D eigenvalue weighted by molar-refractivity contribution is 0.626. The predicted octanol–water partition coefficient (Wildman–Crippen LogP) is 6.42. The third-order valence-electron chi connectivity index (χ3n) is 3.39. The molecule has 2 heterocycles. The van der Waals surface area contributed by atoms with Crippen molar-refractivity contribution < 1.29 is 0 Å². The SMILES string of the molecule is CC.CC.CCC(C)C.CCc1cc(C)nc2c1NCCC2. The van der Waals surface area contributed by atoms with Crippen LogP contribution in [0.25, 0.3) is 0 Å². The molecule has 0 spiro atoms. The Bertz CT molecular complexity index is 353. The second-order valence-corrected chi connectivity index (χ2v) is 5.43. The monoisotopic (exact) mass is 308 g/mol. The van der Waals surface area contributed by atoms with Gasteiger partial charge in [-0.05, 0) is 43.7 Å². The van der Waals surface area contributed by atoms with Gasteiger partial charge in [0.25, 0.3) is 0 Å². The molecule has 22 heavy (non-hydrogen) atoms. The molecule has 0 saturated heterocycles. The first-order chi connectivity index (χ1) is 10.6. The number of pyridine rings is 1. The molecule has 0 saturated carbocycles. The molecule has 0 fully saturated rings. The van der Waals surface area contributed by atoms with Crippen LogP contribution in [0.4, 0.5) is 5.69 Å². The van der Waals surface area contributed by atoms with Crippen molar-refractivity contribution in [2.75, 3.05) is 11.9 Å². The van der Waals surface area contributed by atoms with Gasteiger partial charge in [-0.3, -0.25) is 4.98 Å². The highest BCUT2D eigenvalue weighted by atomic mass is 14.9. The zero-order chi connectivity index (χ0) is 17.5. The van der Waals surface area contributed by atoms with Crippen molar-refractivity contribution in [2.24, 2.45) is 5.92 Å². The smallest absolute Gasteiger partial charge is 0.0641 e. The minimum atomic E-state index is 0.884. The molecule has 0 radical (unpaired) electrons. The van der Waals surface area contributed by atoms with E-state index in [4.69, 9.17) is 0 Å². The van der Waals surface area contributed by atoms with Crippen molar-refractivity contribution in [2.45, 2.75) is 88.0 Å². The number of nitrogens with one attached hydrogen (secondary N) is 1. The summed E-state index contributed by atoms with van der Waals surface area (Å²) in [4.78, 5) is 4.56. The minimum absolute atomic E-state index is 0.884. The van der Waals surface area contributed by atoms with Crippen molar-refractivity contribution >= 4 is 5.69 Å². The molecule has 0 atom stereocenters. The van der Waals surface area contributed by atoms with E-state index in [-0.39, 0.29) is 0 Å². The largest absolute Gasteiger partial charge is 0.383 e. The molecule has 2 nitrogen and oxygen atoms in total. The van der Waals surface area contributed by atoms with E-state index in [0.29, 0.717) is 0 Å². The summed E-state index contributed by atoms with van der Waals surface area (Å²) >= 11 is 0. The second kappa shape index (κ2) is 14.9. The highest BCUT2D eigenvalue weighted by Gasteiger charge is 2.13. The van der Waals surface area contributed by atoms with Gasteiger partial charge < -0.3 is 5.32 Å². The Morgan fingerprint density at radius 1 is 1.14 bits per heavy atom. The summed E-state index contributed by atoms with van der Waals surface area (Å²) in [5.74, 6) is 0.884. The number of rotatable bonds is 2. The summed E-state index contributed by atoms with van der Waals surface area (Å²) in [5.41, 5.74) is 5.14. The van der Waals surface area contributed by atoms with Gasteiger partial charge in [-0.2, -0.15) is 0 Å². The molecule has 1 aromatic heterocycles.